The van der Waals surface area contributed by atoms with Crippen molar-refractivity contribution in [1.82, 2.24) is 24.5 Å². The zero-order valence-electron chi connectivity index (χ0n) is 14.9. The Morgan fingerprint density at radius 1 is 1.03 bits per heavy atom. The van der Waals surface area contributed by atoms with Gasteiger partial charge < -0.3 is 11.1 Å². The van der Waals surface area contributed by atoms with Gasteiger partial charge in [0, 0.05) is 24.2 Å². The van der Waals surface area contributed by atoms with E-state index in [1.807, 2.05) is 0 Å². The number of aryl methyl sites for hydroxylation is 1. The average molecular weight is 420 g/mol. The highest BCUT2D eigenvalue weighted by molar-refractivity contribution is 6.30. The molecule has 0 bridgehead atoms. The molecule has 0 aliphatic rings. The third-order valence-corrected chi connectivity index (χ3v) is 4.39. The lowest BCUT2D eigenvalue weighted by atomic mass is 10.3. The molecule has 0 saturated heterocycles. The van der Waals surface area contributed by atoms with Crippen LogP contribution in [-0.2, 0) is 6.42 Å². The fourth-order valence-corrected chi connectivity index (χ4v) is 2.97. The van der Waals surface area contributed by atoms with Gasteiger partial charge in [0.05, 0.1) is 10.5 Å². The molecule has 7 nitrogen and oxygen atoms in total. The molecule has 4 rings (SSSR count). The third kappa shape index (κ3) is 3.54. The minimum absolute atomic E-state index is 0.00926. The quantitative estimate of drug-likeness (QED) is 0.515. The van der Waals surface area contributed by atoms with E-state index >= 15 is 0 Å². The van der Waals surface area contributed by atoms with Crippen LogP contribution in [0.25, 0.3) is 17.0 Å². The molecule has 3 N–H and O–H groups in total. The molecule has 29 heavy (non-hydrogen) atoms. The average Bonchev–Trinajstić information content (AvgIpc) is 3.03. The van der Waals surface area contributed by atoms with E-state index in [0.29, 0.717) is 17.9 Å². The highest BCUT2D eigenvalue weighted by atomic mass is 35.5. The molecule has 2 aromatic heterocycles. The SMILES string of the molecule is CCc1nc2c(F)cc(F)cc2n1-c1nc(N)nc(Nc2ccc(Cl)c(F)c2)n1. The van der Waals surface area contributed by atoms with Gasteiger partial charge in [-0.15, -0.1) is 0 Å². The first-order valence-electron chi connectivity index (χ1n) is 8.46. The van der Waals surface area contributed by atoms with Crippen molar-refractivity contribution >= 4 is 40.2 Å². The molecule has 2 heterocycles. The summed E-state index contributed by atoms with van der Waals surface area (Å²) in [5.74, 6) is -1.92. The van der Waals surface area contributed by atoms with E-state index in [1.54, 1.807) is 6.92 Å². The number of nitrogen functional groups attached to an aromatic ring is 1. The van der Waals surface area contributed by atoms with Crippen molar-refractivity contribution in [2.24, 2.45) is 0 Å². The summed E-state index contributed by atoms with van der Waals surface area (Å²) in [5, 5.41) is 2.77. The van der Waals surface area contributed by atoms with Crippen LogP contribution in [-0.4, -0.2) is 24.5 Å². The molecule has 0 saturated carbocycles. The first-order chi connectivity index (χ1) is 13.9. The van der Waals surface area contributed by atoms with E-state index in [1.165, 1.54) is 16.7 Å². The zero-order chi connectivity index (χ0) is 20.7. The lowest BCUT2D eigenvalue weighted by molar-refractivity contribution is 0.590. The van der Waals surface area contributed by atoms with Crippen molar-refractivity contribution in [3.05, 3.63) is 58.6 Å². The lowest BCUT2D eigenvalue weighted by Gasteiger charge is -2.10. The second-order valence-electron chi connectivity index (χ2n) is 6.04. The van der Waals surface area contributed by atoms with Gasteiger partial charge in [0.2, 0.25) is 17.8 Å². The summed E-state index contributed by atoms with van der Waals surface area (Å²) < 4.78 is 43.0. The molecule has 0 aliphatic carbocycles. The maximum Gasteiger partial charge on any atom is 0.242 e. The van der Waals surface area contributed by atoms with Gasteiger partial charge >= 0.3 is 0 Å². The van der Waals surface area contributed by atoms with Crippen LogP contribution in [0.15, 0.2) is 30.3 Å². The molecule has 4 aromatic rings. The number of rotatable bonds is 4. The van der Waals surface area contributed by atoms with E-state index in [2.05, 4.69) is 25.3 Å². The summed E-state index contributed by atoms with van der Waals surface area (Å²) >= 11 is 5.68. The first kappa shape index (κ1) is 18.9. The molecule has 0 spiro atoms. The van der Waals surface area contributed by atoms with Crippen LogP contribution in [0.4, 0.5) is 30.8 Å². The van der Waals surface area contributed by atoms with Crippen LogP contribution in [0.1, 0.15) is 12.7 Å². The molecule has 2 aromatic carbocycles. The van der Waals surface area contributed by atoms with Crippen LogP contribution < -0.4 is 11.1 Å². The molecule has 0 unspecified atom stereocenters. The molecule has 0 radical (unpaired) electrons. The predicted molar refractivity (Wildman–Crippen MR) is 103 cm³/mol. The highest BCUT2D eigenvalue weighted by Gasteiger charge is 2.19. The van der Waals surface area contributed by atoms with Gasteiger partial charge in [0.15, 0.2) is 5.82 Å². The third-order valence-electron chi connectivity index (χ3n) is 4.08. The highest BCUT2D eigenvalue weighted by Crippen LogP contribution is 2.25. The molecular formula is C18H13ClF3N7. The number of anilines is 3. The first-order valence-corrected chi connectivity index (χ1v) is 8.84. The lowest BCUT2D eigenvalue weighted by Crippen LogP contribution is -2.11. The molecule has 0 aliphatic heterocycles. The van der Waals surface area contributed by atoms with Crippen molar-refractivity contribution in [2.45, 2.75) is 13.3 Å². The Morgan fingerprint density at radius 2 is 1.83 bits per heavy atom. The van der Waals surface area contributed by atoms with Gasteiger partial charge in [0.25, 0.3) is 0 Å². The zero-order valence-corrected chi connectivity index (χ0v) is 15.7. The Bertz CT molecular complexity index is 1240. The van der Waals surface area contributed by atoms with Gasteiger partial charge in [0.1, 0.15) is 23.0 Å². The van der Waals surface area contributed by atoms with Crippen molar-refractivity contribution in [2.75, 3.05) is 11.1 Å². The largest absolute Gasteiger partial charge is 0.368 e. The number of hydrogen-bond acceptors (Lipinski definition) is 6. The minimum atomic E-state index is -0.800. The number of halogens is 4. The van der Waals surface area contributed by atoms with Gasteiger partial charge in [-0.2, -0.15) is 15.0 Å². The standard InChI is InChI=1S/C18H13ClF3N7/c1-2-14-25-15-12(22)5-8(20)6-13(15)29(14)18-27-16(23)26-17(28-18)24-9-3-4-10(19)11(21)7-9/h3-7H,2H2,1H3,(H3,23,24,26,27,28). The molecule has 11 heteroatoms. The van der Waals surface area contributed by atoms with Crippen molar-refractivity contribution < 1.29 is 13.2 Å². The van der Waals surface area contributed by atoms with Crippen molar-refractivity contribution in [3.63, 3.8) is 0 Å². The van der Waals surface area contributed by atoms with E-state index in [4.69, 9.17) is 17.3 Å². The molecule has 0 atom stereocenters. The Kier molecular flexibility index (Phi) is 4.71. The van der Waals surface area contributed by atoms with Crippen LogP contribution >= 0.6 is 11.6 Å². The van der Waals surface area contributed by atoms with E-state index in [9.17, 15) is 13.2 Å². The molecular weight excluding hydrogens is 407 g/mol. The van der Waals surface area contributed by atoms with Crippen LogP contribution in [0.3, 0.4) is 0 Å². The number of nitrogens with two attached hydrogens (primary N) is 1. The Hall–Kier alpha value is -3.40. The molecule has 0 fully saturated rings. The fourth-order valence-electron chi connectivity index (χ4n) is 2.85. The van der Waals surface area contributed by atoms with Crippen molar-refractivity contribution in [1.29, 1.82) is 0 Å². The van der Waals surface area contributed by atoms with Gasteiger partial charge in [-0.1, -0.05) is 18.5 Å². The van der Waals surface area contributed by atoms with Crippen LogP contribution in [0.5, 0.6) is 0 Å². The fraction of sp³-hybridized carbons (Fsp3) is 0.111. The number of nitrogens with zero attached hydrogens (tertiary/aromatic N) is 5. The summed E-state index contributed by atoms with van der Waals surface area (Å²) in [6, 6.07) is 5.95. The van der Waals surface area contributed by atoms with Crippen molar-refractivity contribution in [3.8, 4) is 5.95 Å². The van der Waals surface area contributed by atoms with E-state index in [0.717, 1.165) is 18.2 Å². The Labute approximate surface area is 167 Å². The summed E-state index contributed by atoms with van der Waals surface area (Å²) in [6.07, 6.45) is 0.395. The Balaban J connectivity index is 1.85. The predicted octanol–water partition coefficient (Wildman–Crippen LogP) is 4.17. The summed E-state index contributed by atoms with van der Waals surface area (Å²) in [6.45, 7) is 1.80. The number of nitrogens with one attached hydrogen (secondary N) is 1. The number of benzene rings is 2. The monoisotopic (exact) mass is 419 g/mol. The number of imidazole rings is 1. The number of fused-ring (bicyclic) bond motifs is 1. The van der Waals surface area contributed by atoms with Gasteiger partial charge in [-0.05, 0) is 18.2 Å². The maximum absolute atomic E-state index is 14.2. The second-order valence-corrected chi connectivity index (χ2v) is 6.45. The van der Waals surface area contributed by atoms with Gasteiger partial charge in [-0.3, -0.25) is 4.57 Å². The van der Waals surface area contributed by atoms with Crippen LogP contribution in [0.2, 0.25) is 5.02 Å². The van der Waals surface area contributed by atoms with E-state index < -0.39 is 17.5 Å². The topological polar surface area (TPSA) is 94.5 Å². The number of hydrogen-bond donors (Lipinski definition) is 2. The minimum Gasteiger partial charge on any atom is -0.368 e. The maximum atomic E-state index is 14.2. The Morgan fingerprint density at radius 3 is 2.55 bits per heavy atom. The smallest absolute Gasteiger partial charge is 0.242 e. The summed E-state index contributed by atoms with van der Waals surface area (Å²) in [4.78, 5) is 16.5. The van der Waals surface area contributed by atoms with Gasteiger partial charge in [-0.25, -0.2) is 18.2 Å². The second kappa shape index (κ2) is 7.21. The molecule has 148 valence electrons. The number of aromatic nitrogens is 5. The van der Waals surface area contributed by atoms with E-state index in [-0.39, 0.29) is 33.9 Å². The molecule has 0 amide bonds. The summed E-state index contributed by atoms with van der Waals surface area (Å²) in [5.41, 5.74) is 6.24. The summed E-state index contributed by atoms with van der Waals surface area (Å²) in [7, 11) is 0. The normalized spacial score (nSPS) is 11.2. The van der Waals surface area contributed by atoms with Crippen LogP contribution in [0, 0.1) is 17.5 Å².